The summed E-state index contributed by atoms with van der Waals surface area (Å²) in [7, 11) is 0. The fraction of sp³-hybridized carbons (Fsp3) is 0.273. The van der Waals surface area contributed by atoms with E-state index in [-0.39, 0.29) is 24.4 Å². The van der Waals surface area contributed by atoms with E-state index in [0.29, 0.717) is 32.9 Å². The third-order valence-corrected chi connectivity index (χ3v) is 7.16. The van der Waals surface area contributed by atoms with Gasteiger partial charge in [-0.25, -0.2) is 9.97 Å². The Morgan fingerprint density at radius 1 is 1.09 bits per heavy atom. The number of nitrogens with zero attached hydrogens (tertiary/aromatic N) is 2. The predicted octanol–water partition coefficient (Wildman–Crippen LogP) is 4.13. The smallest absolute Gasteiger partial charge is 0.260 e. The Morgan fingerprint density at radius 2 is 1.97 bits per heavy atom. The second-order valence-electron chi connectivity index (χ2n) is 7.31. The van der Waals surface area contributed by atoms with Gasteiger partial charge in [-0.15, -0.1) is 11.3 Å². The first-order valence-corrected chi connectivity index (χ1v) is 12.0. The molecule has 0 saturated carbocycles. The van der Waals surface area contributed by atoms with Crippen molar-refractivity contribution < 1.29 is 19.1 Å². The van der Waals surface area contributed by atoms with Crippen LogP contribution < -0.4 is 20.1 Å². The van der Waals surface area contributed by atoms with E-state index in [1.165, 1.54) is 34.4 Å². The Balaban J connectivity index is 1.21. The van der Waals surface area contributed by atoms with Crippen LogP contribution in [0.1, 0.15) is 33.8 Å². The Labute approximate surface area is 192 Å². The number of ether oxygens (including phenoxy) is 2. The molecule has 0 spiro atoms. The summed E-state index contributed by atoms with van der Waals surface area (Å²) in [6.07, 6.45) is 5.91. The van der Waals surface area contributed by atoms with E-state index in [1.54, 1.807) is 36.5 Å². The van der Waals surface area contributed by atoms with Gasteiger partial charge < -0.3 is 14.8 Å². The van der Waals surface area contributed by atoms with Crippen molar-refractivity contribution in [1.82, 2.24) is 9.97 Å². The number of carbonyl (C=O) groups excluding carboxylic acids is 2. The lowest BCUT2D eigenvalue weighted by atomic mass is 10.0. The average molecular weight is 469 g/mol. The normalized spacial score (nSPS) is 14.0. The van der Waals surface area contributed by atoms with Gasteiger partial charge in [0.2, 0.25) is 12.7 Å². The number of thiazole rings is 1. The van der Waals surface area contributed by atoms with E-state index in [1.807, 2.05) is 0 Å². The maximum absolute atomic E-state index is 12.9. The number of carbonyl (C=O) groups is 2. The molecule has 0 atom stereocenters. The van der Waals surface area contributed by atoms with Crippen LogP contribution in [0.4, 0.5) is 10.8 Å². The number of nitrogens with one attached hydrogen (secondary N) is 2. The second-order valence-corrected chi connectivity index (χ2v) is 9.36. The molecule has 1 aliphatic carbocycles. The SMILES string of the molecule is O=C(CSc1ncccc1C(=O)Nc1nc2c(s1)CCCC2)Nc1ccc2c(c1)OCO2. The number of pyridine rings is 1. The molecular formula is C22H20N4O4S2. The van der Waals surface area contributed by atoms with Crippen LogP contribution in [-0.2, 0) is 17.6 Å². The molecule has 0 saturated heterocycles. The topological polar surface area (TPSA) is 102 Å². The van der Waals surface area contributed by atoms with Gasteiger partial charge in [0.1, 0.15) is 5.03 Å². The summed E-state index contributed by atoms with van der Waals surface area (Å²) in [6.45, 7) is 0.177. The fourth-order valence-electron chi connectivity index (χ4n) is 3.55. The molecule has 0 fully saturated rings. The quantitative estimate of drug-likeness (QED) is 0.525. The highest BCUT2D eigenvalue weighted by molar-refractivity contribution is 8.00. The number of aromatic nitrogens is 2. The van der Waals surface area contributed by atoms with Crippen LogP contribution in [0.5, 0.6) is 11.5 Å². The van der Waals surface area contributed by atoms with Crippen molar-refractivity contribution in [2.24, 2.45) is 0 Å². The third kappa shape index (κ3) is 4.56. The maximum Gasteiger partial charge on any atom is 0.260 e. The van der Waals surface area contributed by atoms with Crippen LogP contribution >= 0.6 is 23.1 Å². The molecular weight excluding hydrogens is 448 g/mol. The maximum atomic E-state index is 12.9. The molecule has 2 N–H and O–H groups in total. The fourth-order valence-corrected chi connectivity index (χ4v) is 5.39. The molecule has 1 aromatic carbocycles. The summed E-state index contributed by atoms with van der Waals surface area (Å²) in [5.41, 5.74) is 2.13. The van der Waals surface area contributed by atoms with Gasteiger partial charge in [-0.05, 0) is 49.9 Å². The first-order valence-electron chi connectivity index (χ1n) is 10.2. The zero-order valence-corrected chi connectivity index (χ0v) is 18.7. The summed E-state index contributed by atoms with van der Waals surface area (Å²) in [5, 5.41) is 6.83. The van der Waals surface area contributed by atoms with Crippen LogP contribution in [0, 0.1) is 0 Å². The number of anilines is 2. The van der Waals surface area contributed by atoms with Crippen LogP contribution in [-0.4, -0.2) is 34.3 Å². The molecule has 164 valence electrons. The summed E-state index contributed by atoms with van der Waals surface area (Å²) in [6, 6.07) is 8.64. The van der Waals surface area contributed by atoms with E-state index in [2.05, 4.69) is 20.6 Å². The Hall–Kier alpha value is -3.11. The molecule has 8 nitrogen and oxygen atoms in total. The minimum Gasteiger partial charge on any atom is -0.454 e. The van der Waals surface area contributed by atoms with Gasteiger partial charge in [0.05, 0.1) is 17.0 Å². The van der Waals surface area contributed by atoms with Gasteiger partial charge in [0, 0.05) is 22.8 Å². The number of thioether (sulfide) groups is 1. The molecule has 3 heterocycles. The molecule has 0 radical (unpaired) electrons. The number of hydrogen-bond donors (Lipinski definition) is 2. The number of benzene rings is 1. The van der Waals surface area contributed by atoms with E-state index >= 15 is 0 Å². The van der Waals surface area contributed by atoms with Crippen molar-refractivity contribution >= 4 is 45.7 Å². The van der Waals surface area contributed by atoms with Crippen molar-refractivity contribution in [2.75, 3.05) is 23.2 Å². The van der Waals surface area contributed by atoms with Gasteiger partial charge >= 0.3 is 0 Å². The number of rotatable bonds is 6. The summed E-state index contributed by atoms with van der Waals surface area (Å²) < 4.78 is 10.6. The van der Waals surface area contributed by atoms with Gasteiger partial charge in [0.25, 0.3) is 5.91 Å². The largest absolute Gasteiger partial charge is 0.454 e. The zero-order valence-electron chi connectivity index (χ0n) is 17.1. The first kappa shape index (κ1) is 20.8. The van der Waals surface area contributed by atoms with Crippen molar-refractivity contribution in [3.63, 3.8) is 0 Å². The van der Waals surface area contributed by atoms with E-state index in [0.717, 1.165) is 25.0 Å². The molecule has 5 rings (SSSR count). The van der Waals surface area contributed by atoms with E-state index in [9.17, 15) is 9.59 Å². The molecule has 1 aliphatic heterocycles. The molecule has 0 bridgehead atoms. The highest BCUT2D eigenvalue weighted by atomic mass is 32.2. The lowest BCUT2D eigenvalue weighted by Gasteiger charge is -2.08. The number of amides is 2. The number of hydrogen-bond acceptors (Lipinski definition) is 8. The molecule has 2 amide bonds. The van der Waals surface area contributed by atoms with Crippen molar-refractivity contribution in [1.29, 1.82) is 0 Å². The van der Waals surface area contributed by atoms with Gasteiger partial charge in [-0.3, -0.25) is 14.9 Å². The van der Waals surface area contributed by atoms with Crippen LogP contribution in [0.25, 0.3) is 0 Å². The van der Waals surface area contributed by atoms with Gasteiger partial charge in [-0.2, -0.15) is 0 Å². The monoisotopic (exact) mass is 468 g/mol. The van der Waals surface area contributed by atoms with Crippen LogP contribution in [0.2, 0.25) is 0 Å². The van der Waals surface area contributed by atoms with Crippen molar-refractivity contribution in [2.45, 2.75) is 30.7 Å². The summed E-state index contributed by atoms with van der Waals surface area (Å²) in [5.74, 6) is 0.879. The third-order valence-electron chi connectivity index (χ3n) is 5.08. The minimum absolute atomic E-state index is 0.108. The highest BCUT2D eigenvalue weighted by Crippen LogP contribution is 2.34. The van der Waals surface area contributed by atoms with E-state index < -0.39 is 0 Å². The van der Waals surface area contributed by atoms with Gasteiger partial charge in [0.15, 0.2) is 16.6 Å². The Bertz CT molecular complexity index is 1160. The standard InChI is InChI=1S/C22H20N4O4S2/c27-19(24-13-7-8-16-17(10-13)30-12-29-16)11-31-21-14(4-3-9-23-21)20(28)26-22-25-15-5-1-2-6-18(15)32-22/h3-4,7-10H,1-2,5-6,11-12H2,(H,24,27)(H,25,26,28). The van der Waals surface area contributed by atoms with Crippen LogP contribution in [0.3, 0.4) is 0 Å². The molecule has 2 aromatic heterocycles. The first-order chi connectivity index (χ1) is 15.7. The molecule has 3 aromatic rings. The molecule has 0 unspecified atom stereocenters. The Morgan fingerprint density at radius 3 is 2.88 bits per heavy atom. The van der Waals surface area contributed by atoms with E-state index in [4.69, 9.17) is 9.47 Å². The molecule has 2 aliphatic rings. The lowest BCUT2D eigenvalue weighted by molar-refractivity contribution is -0.113. The van der Waals surface area contributed by atoms with Crippen molar-refractivity contribution in [3.8, 4) is 11.5 Å². The second kappa shape index (κ2) is 9.17. The summed E-state index contributed by atoms with van der Waals surface area (Å²) >= 11 is 2.75. The number of fused-ring (bicyclic) bond motifs is 2. The summed E-state index contributed by atoms with van der Waals surface area (Å²) in [4.78, 5) is 35.4. The zero-order chi connectivity index (χ0) is 21.9. The molecule has 32 heavy (non-hydrogen) atoms. The minimum atomic E-state index is -0.275. The van der Waals surface area contributed by atoms with Crippen LogP contribution in [0.15, 0.2) is 41.6 Å². The number of aryl methyl sites for hydroxylation is 2. The highest BCUT2D eigenvalue weighted by Gasteiger charge is 2.19. The average Bonchev–Trinajstić information content (AvgIpc) is 3.43. The van der Waals surface area contributed by atoms with Gasteiger partial charge in [-0.1, -0.05) is 11.8 Å². The molecule has 10 heteroatoms. The lowest BCUT2D eigenvalue weighted by Crippen LogP contribution is -2.16. The Kier molecular flexibility index (Phi) is 5.95. The van der Waals surface area contributed by atoms with Crippen molar-refractivity contribution in [3.05, 3.63) is 52.7 Å². The predicted molar refractivity (Wildman–Crippen MR) is 123 cm³/mol.